The number of hydrogen-bond donors (Lipinski definition) is 1. The molecule has 3 rings (SSSR count). The average molecular weight is 291 g/mol. The molecule has 20 heavy (non-hydrogen) atoms. The van der Waals surface area contributed by atoms with Gasteiger partial charge in [-0.15, -0.1) is 0 Å². The number of aryl methyl sites for hydroxylation is 1. The third-order valence-corrected chi connectivity index (χ3v) is 3.51. The van der Waals surface area contributed by atoms with Crippen LogP contribution in [0.5, 0.6) is 0 Å². The molecule has 0 spiro atoms. The summed E-state index contributed by atoms with van der Waals surface area (Å²) in [5.74, 6) is 1.30. The molecule has 6 heteroatoms. The summed E-state index contributed by atoms with van der Waals surface area (Å²) in [6, 6.07) is 5.78. The molecule has 2 heterocycles. The third kappa shape index (κ3) is 2.30. The van der Waals surface area contributed by atoms with Crippen LogP contribution in [-0.2, 0) is 19.5 Å². The molecular weight excluding hydrogens is 276 g/mol. The third-order valence-electron chi connectivity index (χ3n) is 3.28. The molecule has 0 aliphatic carbocycles. The zero-order chi connectivity index (χ0) is 14.1. The molecule has 5 nitrogen and oxygen atoms in total. The summed E-state index contributed by atoms with van der Waals surface area (Å²) in [5, 5.41) is 5.70. The van der Waals surface area contributed by atoms with Crippen LogP contribution in [-0.4, -0.2) is 14.7 Å². The molecule has 0 unspecified atom stereocenters. The van der Waals surface area contributed by atoms with Gasteiger partial charge in [0.15, 0.2) is 5.82 Å². The van der Waals surface area contributed by atoms with Gasteiger partial charge in [-0.05, 0) is 17.7 Å². The van der Waals surface area contributed by atoms with Gasteiger partial charge in [0, 0.05) is 29.6 Å². The Kier molecular flexibility index (Phi) is 3.46. The molecule has 0 atom stereocenters. The van der Waals surface area contributed by atoms with E-state index < -0.39 is 0 Å². The fourth-order valence-electron chi connectivity index (χ4n) is 2.28. The molecular formula is C14H15ClN4O. The van der Waals surface area contributed by atoms with Crippen molar-refractivity contribution in [2.75, 3.05) is 0 Å². The Morgan fingerprint density at radius 2 is 2.25 bits per heavy atom. The van der Waals surface area contributed by atoms with E-state index in [1.165, 1.54) is 0 Å². The average Bonchev–Trinajstić information content (AvgIpc) is 3.04. The van der Waals surface area contributed by atoms with E-state index in [1.54, 1.807) is 0 Å². The second-order valence-electron chi connectivity index (χ2n) is 4.61. The Hall–Kier alpha value is -1.85. The van der Waals surface area contributed by atoms with Crippen LogP contribution in [0.3, 0.4) is 0 Å². The van der Waals surface area contributed by atoms with Gasteiger partial charge in [0.05, 0.1) is 5.52 Å². The van der Waals surface area contributed by atoms with Gasteiger partial charge in [-0.1, -0.05) is 29.7 Å². The minimum absolute atomic E-state index is 0.481. The van der Waals surface area contributed by atoms with Gasteiger partial charge < -0.3 is 14.8 Å². The number of fused-ring (bicyclic) bond motifs is 1. The summed E-state index contributed by atoms with van der Waals surface area (Å²) in [4.78, 5) is 4.33. The van der Waals surface area contributed by atoms with Crippen LogP contribution in [0.15, 0.2) is 28.9 Å². The van der Waals surface area contributed by atoms with Crippen LogP contribution in [0, 0.1) is 0 Å². The lowest BCUT2D eigenvalue weighted by molar-refractivity contribution is 0.368. The van der Waals surface area contributed by atoms with Gasteiger partial charge in [0.2, 0.25) is 5.89 Å². The van der Waals surface area contributed by atoms with Crippen LogP contribution in [0.25, 0.3) is 10.9 Å². The van der Waals surface area contributed by atoms with Crippen molar-refractivity contribution in [2.45, 2.75) is 26.4 Å². The van der Waals surface area contributed by atoms with Gasteiger partial charge >= 0.3 is 0 Å². The maximum absolute atomic E-state index is 6.08. The second kappa shape index (κ2) is 5.26. The number of benzene rings is 1. The minimum atomic E-state index is 0.481. The SMILES string of the molecule is CCc1noc(Cn2cc(CN)c3ccc(Cl)cc32)n1. The number of halogens is 1. The lowest BCUT2D eigenvalue weighted by atomic mass is 10.2. The number of aromatic nitrogens is 3. The van der Waals surface area contributed by atoms with Gasteiger partial charge in [0.25, 0.3) is 0 Å². The number of rotatable bonds is 4. The van der Waals surface area contributed by atoms with E-state index in [-0.39, 0.29) is 0 Å². The van der Waals surface area contributed by atoms with Crippen molar-refractivity contribution in [1.29, 1.82) is 0 Å². The first-order chi connectivity index (χ1) is 9.71. The molecule has 0 amide bonds. The molecule has 0 saturated heterocycles. The van der Waals surface area contributed by atoms with Crippen molar-refractivity contribution in [3.8, 4) is 0 Å². The van der Waals surface area contributed by atoms with Crippen molar-refractivity contribution >= 4 is 22.5 Å². The molecule has 1 aromatic carbocycles. The monoisotopic (exact) mass is 290 g/mol. The predicted molar refractivity (Wildman–Crippen MR) is 77.6 cm³/mol. The highest BCUT2D eigenvalue weighted by atomic mass is 35.5. The fraction of sp³-hybridized carbons (Fsp3) is 0.286. The Morgan fingerprint density at radius 1 is 1.40 bits per heavy atom. The van der Waals surface area contributed by atoms with Gasteiger partial charge in [-0.2, -0.15) is 4.98 Å². The quantitative estimate of drug-likeness (QED) is 0.802. The molecule has 0 bridgehead atoms. The lowest BCUT2D eigenvalue weighted by Crippen LogP contribution is -1.99. The van der Waals surface area contributed by atoms with Crippen molar-refractivity contribution < 1.29 is 4.52 Å². The standard InChI is InChI=1S/C14H15ClN4O/c1-2-13-17-14(20-18-13)8-19-7-9(6-16)11-4-3-10(15)5-12(11)19/h3-5,7H,2,6,8,16H2,1H3. The van der Waals surface area contributed by atoms with Gasteiger partial charge in [0.1, 0.15) is 6.54 Å². The van der Waals surface area contributed by atoms with E-state index in [0.29, 0.717) is 29.8 Å². The summed E-state index contributed by atoms with van der Waals surface area (Å²) < 4.78 is 7.27. The molecule has 3 aromatic rings. The maximum atomic E-state index is 6.08. The van der Waals surface area contributed by atoms with E-state index >= 15 is 0 Å². The number of nitrogens with zero attached hydrogens (tertiary/aromatic N) is 3. The Morgan fingerprint density at radius 3 is 2.95 bits per heavy atom. The van der Waals surface area contributed by atoms with Crippen LogP contribution < -0.4 is 5.73 Å². The van der Waals surface area contributed by atoms with Crippen molar-refractivity contribution in [2.24, 2.45) is 5.73 Å². The normalized spacial score (nSPS) is 11.3. The highest BCUT2D eigenvalue weighted by Gasteiger charge is 2.11. The lowest BCUT2D eigenvalue weighted by Gasteiger charge is -2.01. The minimum Gasteiger partial charge on any atom is -0.338 e. The topological polar surface area (TPSA) is 69.9 Å². The number of nitrogens with two attached hydrogens (primary N) is 1. The molecule has 0 fully saturated rings. The van der Waals surface area contributed by atoms with Crippen LogP contribution in [0.4, 0.5) is 0 Å². The Balaban J connectivity index is 2.04. The summed E-state index contributed by atoms with van der Waals surface area (Å²) in [6.07, 6.45) is 2.77. The predicted octanol–water partition coefficient (Wildman–Crippen LogP) is 2.75. The molecule has 0 radical (unpaired) electrons. The maximum Gasteiger partial charge on any atom is 0.246 e. The van der Waals surface area contributed by atoms with E-state index in [0.717, 1.165) is 22.9 Å². The second-order valence-corrected chi connectivity index (χ2v) is 5.04. The van der Waals surface area contributed by atoms with Crippen molar-refractivity contribution in [3.63, 3.8) is 0 Å². The number of hydrogen-bond acceptors (Lipinski definition) is 4. The van der Waals surface area contributed by atoms with Gasteiger partial charge in [-0.3, -0.25) is 0 Å². The molecule has 2 aromatic heterocycles. The fourth-order valence-corrected chi connectivity index (χ4v) is 2.44. The molecule has 0 aliphatic heterocycles. The zero-order valence-electron chi connectivity index (χ0n) is 11.1. The zero-order valence-corrected chi connectivity index (χ0v) is 11.9. The highest BCUT2D eigenvalue weighted by molar-refractivity contribution is 6.31. The largest absolute Gasteiger partial charge is 0.338 e. The first-order valence-electron chi connectivity index (χ1n) is 6.50. The molecule has 2 N–H and O–H groups in total. The van der Waals surface area contributed by atoms with Crippen LogP contribution in [0.2, 0.25) is 5.02 Å². The summed E-state index contributed by atoms with van der Waals surface area (Å²) >= 11 is 6.08. The van der Waals surface area contributed by atoms with Crippen molar-refractivity contribution in [3.05, 3.63) is 46.7 Å². The summed E-state index contributed by atoms with van der Waals surface area (Å²) in [6.45, 7) is 2.99. The Bertz CT molecular complexity index is 747. The van der Waals surface area contributed by atoms with E-state index in [2.05, 4.69) is 10.1 Å². The molecule has 0 aliphatic rings. The van der Waals surface area contributed by atoms with Crippen LogP contribution >= 0.6 is 11.6 Å². The van der Waals surface area contributed by atoms with Crippen molar-refractivity contribution in [1.82, 2.24) is 14.7 Å². The first-order valence-corrected chi connectivity index (χ1v) is 6.88. The van der Waals surface area contributed by atoms with E-state index in [4.69, 9.17) is 21.9 Å². The molecule has 104 valence electrons. The highest BCUT2D eigenvalue weighted by Crippen LogP contribution is 2.25. The summed E-state index contributed by atoms with van der Waals surface area (Å²) in [7, 11) is 0. The van der Waals surface area contributed by atoms with E-state index in [1.807, 2.05) is 35.9 Å². The Labute approximate surface area is 121 Å². The molecule has 0 saturated carbocycles. The smallest absolute Gasteiger partial charge is 0.246 e. The van der Waals surface area contributed by atoms with Gasteiger partial charge in [-0.25, -0.2) is 0 Å². The summed E-state index contributed by atoms with van der Waals surface area (Å²) in [5.41, 5.74) is 7.89. The van der Waals surface area contributed by atoms with Crippen LogP contribution in [0.1, 0.15) is 24.2 Å². The van der Waals surface area contributed by atoms with E-state index in [9.17, 15) is 0 Å². The first kappa shape index (κ1) is 13.1.